The third kappa shape index (κ3) is 4.06. The van der Waals surface area contributed by atoms with E-state index in [0.717, 1.165) is 60.3 Å². The quantitative estimate of drug-likeness (QED) is 0.646. The number of nitrogens with zero attached hydrogens (tertiary/aromatic N) is 2. The number of fused-ring (bicyclic) bond motifs is 2. The van der Waals surface area contributed by atoms with Crippen LogP contribution in [0.2, 0.25) is 0 Å². The van der Waals surface area contributed by atoms with Crippen molar-refractivity contribution in [1.82, 2.24) is 9.73 Å². The van der Waals surface area contributed by atoms with Crippen molar-refractivity contribution in [1.29, 1.82) is 0 Å². The molecule has 174 valence electrons. The minimum atomic E-state index is -4.29. The smallest absolute Gasteiger partial charge is 0.333 e. The summed E-state index contributed by atoms with van der Waals surface area (Å²) in [6, 6.07) is 1.37. The minimum absolute atomic E-state index is 0.216. The van der Waals surface area contributed by atoms with Gasteiger partial charge in [0, 0.05) is 19.5 Å². The van der Waals surface area contributed by atoms with Gasteiger partial charge in [-0.2, -0.15) is 5.10 Å². The van der Waals surface area contributed by atoms with E-state index in [1.165, 1.54) is 25.2 Å². The Morgan fingerprint density at radius 1 is 1.25 bits per heavy atom. The first-order chi connectivity index (χ1) is 15.2. The van der Waals surface area contributed by atoms with Gasteiger partial charge in [-0.3, -0.25) is 0 Å². The molecular formula is C21H27FN4O5S. The molecule has 1 fully saturated rings. The predicted molar refractivity (Wildman–Crippen MR) is 117 cm³/mol. The van der Waals surface area contributed by atoms with Gasteiger partial charge in [-0.1, -0.05) is 6.07 Å². The molecule has 0 radical (unpaired) electrons. The number of carbonyl (C=O) groups is 1. The molecule has 1 heterocycles. The number of carbonyl (C=O) groups excluding carboxylic acids is 1. The molecule has 0 saturated carbocycles. The maximum Gasteiger partial charge on any atom is 0.333 e. The number of aryl methyl sites for hydroxylation is 2. The Hall–Kier alpha value is -2.66. The molecule has 1 aromatic rings. The van der Waals surface area contributed by atoms with E-state index in [1.54, 1.807) is 0 Å². The summed E-state index contributed by atoms with van der Waals surface area (Å²) in [7, 11) is -3.12. The first-order valence-corrected chi connectivity index (χ1v) is 12.0. The number of hydrogen-bond acceptors (Lipinski definition) is 7. The average Bonchev–Trinajstić information content (AvgIpc) is 3.42. The van der Waals surface area contributed by atoms with E-state index in [4.69, 9.17) is 9.47 Å². The Kier molecular flexibility index (Phi) is 5.89. The lowest BCUT2D eigenvalue weighted by Gasteiger charge is -2.36. The van der Waals surface area contributed by atoms with Crippen LogP contribution in [-0.2, 0) is 45.2 Å². The van der Waals surface area contributed by atoms with Gasteiger partial charge in [-0.15, -0.1) is 0 Å². The number of halogens is 1. The topological polar surface area (TPSA) is 109 Å². The summed E-state index contributed by atoms with van der Waals surface area (Å²) in [4.78, 5) is 12.4. The van der Waals surface area contributed by atoms with Gasteiger partial charge in [-0.25, -0.2) is 27.3 Å². The van der Waals surface area contributed by atoms with Gasteiger partial charge in [0.05, 0.1) is 0 Å². The zero-order valence-corrected chi connectivity index (χ0v) is 19.0. The Morgan fingerprint density at radius 3 is 2.44 bits per heavy atom. The zero-order chi connectivity index (χ0) is 23.1. The maximum absolute atomic E-state index is 14.4. The normalized spacial score (nSPS) is 23.8. The van der Waals surface area contributed by atoms with Gasteiger partial charge in [0.25, 0.3) is 15.9 Å². The number of sulfonamides is 1. The Morgan fingerprint density at radius 2 is 1.88 bits per heavy atom. The lowest BCUT2D eigenvalue weighted by Crippen LogP contribution is -2.48. The Labute approximate surface area is 186 Å². The van der Waals surface area contributed by atoms with E-state index in [-0.39, 0.29) is 10.8 Å². The van der Waals surface area contributed by atoms with Crippen LogP contribution in [-0.4, -0.2) is 52.3 Å². The number of hydrazone groups is 1. The lowest BCUT2D eigenvalue weighted by molar-refractivity contribution is -0.198. The molecule has 1 aromatic carbocycles. The SMILES string of the molecule is C=NN1CC(F)(OC)CO/C1=C(/C)S(=O)(=O)NC(=O)Nc1c2c(cc3c1CCC3)CCC2. The molecule has 0 bridgehead atoms. The van der Waals surface area contributed by atoms with E-state index in [0.29, 0.717) is 0 Å². The highest BCUT2D eigenvalue weighted by Crippen LogP contribution is 2.38. The molecule has 1 saturated heterocycles. The van der Waals surface area contributed by atoms with Crippen LogP contribution < -0.4 is 10.0 Å². The van der Waals surface area contributed by atoms with E-state index in [2.05, 4.69) is 23.2 Å². The second-order valence-electron chi connectivity index (χ2n) is 8.23. The van der Waals surface area contributed by atoms with Gasteiger partial charge >= 0.3 is 6.03 Å². The molecule has 2 amide bonds. The summed E-state index contributed by atoms with van der Waals surface area (Å²) in [6.07, 6.45) is 5.65. The number of ether oxygens (including phenoxy) is 2. The van der Waals surface area contributed by atoms with Crippen LogP contribution in [0.25, 0.3) is 0 Å². The fourth-order valence-corrected chi connectivity index (χ4v) is 5.37. The Balaban J connectivity index is 1.55. The highest BCUT2D eigenvalue weighted by molar-refractivity contribution is 7.93. The number of benzene rings is 1. The molecule has 3 aliphatic rings. The van der Waals surface area contributed by atoms with Gasteiger partial charge < -0.3 is 14.8 Å². The number of alkyl halides is 1. The summed E-state index contributed by atoms with van der Waals surface area (Å²) in [5.41, 5.74) is 5.35. The van der Waals surface area contributed by atoms with Crippen molar-refractivity contribution in [3.63, 3.8) is 0 Å². The second-order valence-corrected chi connectivity index (χ2v) is 10.1. The molecule has 4 rings (SSSR count). The van der Waals surface area contributed by atoms with Crippen LogP contribution in [0, 0.1) is 0 Å². The van der Waals surface area contributed by atoms with E-state index in [9.17, 15) is 17.6 Å². The Bertz CT molecular complexity index is 1070. The predicted octanol–water partition coefficient (Wildman–Crippen LogP) is 2.56. The third-order valence-electron chi connectivity index (χ3n) is 6.22. The van der Waals surface area contributed by atoms with Crippen molar-refractivity contribution in [2.24, 2.45) is 5.10 Å². The van der Waals surface area contributed by atoms with Gasteiger partial charge in [-0.05, 0) is 67.7 Å². The van der Waals surface area contributed by atoms with Crippen LogP contribution in [0.15, 0.2) is 22.0 Å². The molecule has 0 aromatic heterocycles. The number of rotatable bonds is 5. The monoisotopic (exact) mass is 466 g/mol. The molecule has 9 nitrogen and oxygen atoms in total. The summed E-state index contributed by atoms with van der Waals surface area (Å²) >= 11 is 0. The van der Waals surface area contributed by atoms with Crippen molar-refractivity contribution in [3.8, 4) is 0 Å². The minimum Gasteiger partial charge on any atom is -0.471 e. The molecule has 2 N–H and O–H groups in total. The molecule has 1 unspecified atom stereocenters. The van der Waals surface area contributed by atoms with Crippen molar-refractivity contribution in [2.45, 2.75) is 51.3 Å². The average molecular weight is 467 g/mol. The highest BCUT2D eigenvalue weighted by atomic mass is 32.2. The second kappa shape index (κ2) is 8.36. The number of methoxy groups -OCH3 is 1. The maximum atomic E-state index is 14.4. The van der Waals surface area contributed by atoms with Gasteiger partial charge in [0.2, 0.25) is 5.88 Å². The van der Waals surface area contributed by atoms with Crippen molar-refractivity contribution >= 4 is 28.5 Å². The molecular weight excluding hydrogens is 439 g/mol. The molecule has 11 heteroatoms. The van der Waals surface area contributed by atoms with Gasteiger partial charge in [0.15, 0.2) is 6.61 Å². The van der Waals surface area contributed by atoms with Gasteiger partial charge in [0.1, 0.15) is 11.4 Å². The van der Waals surface area contributed by atoms with Crippen LogP contribution >= 0.6 is 0 Å². The summed E-state index contributed by atoms with van der Waals surface area (Å²) < 4.78 is 52.2. The van der Waals surface area contributed by atoms with Crippen LogP contribution in [0.4, 0.5) is 14.9 Å². The van der Waals surface area contributed by atoms with Crippen molar-refractivity contribution < 1.29 is 27.1 Å². The van der Waals surface area contributed by atoms with E-state index < -0.39 is 35.1 Å². The number of urea groups is 1. The zero-order valence-electron chi connectivity index (χ0n) is 18.2. The molecule has 32 heavy (non-hydrogen) atoms. The van der Waals surface area contributed by atoms with Crippen molar-refractivity contribution in [3.05, 3.63) is 39.1 Å². The number of amides is 2. The summed E-state index contributed by atoms with van der Waals surface area (Å²) in [6.45, 7) is 3.66. The van der Waals surface area contributed by atoms with E-state index in [1.807, 2.05) is 4.72 Å². The standard InChI is InChI=1S/C21H27FN4O5S/c1-13(19-26(23-2)11-21(22,30-3)12-31-19)32(28,29)25-20(27)24-18-16-8-4-6-14(16)10-15-7-5-9-17(15)18/h10H,2,4-9,11-12H2,1,3H3,(H2,24,25,27)/b19-13-. The largest absolute Gasteiger partial charge is 0.471 e. The number of hydrogen-bond donors (Lipinski definition) is 2. The first-order valence-electron chi connectivity index (χ1n) is 10.5. The lowest BCUT2D eigenvalue weighted by atomic mass is 9.99. The molecule has 1 aliphatic heterocycles. The molecule has 1 atom stereocenters. The third-order valence-corrected chi connectivity index (χ3v) is 7.66. The van der Waals surface area contributed by atoms with Crippen LogP contribution in [0.3, 0.4) is 0 Å². The van der Waals surface area contributed by atoms with E-state index >= 15 is 0 Å². The first kappa shape index (κ1) is 22.5. The number of nitrogens with one attached hydrogen (secondary N) is 2. The number of anilines is 1. The van der Waals surface area contributed by atoms with Crippen LogP contribution in [0.5, 0.6) is 0 Å². The highest BCUT2D eigenvalue weighted by Gasteiger charge is 2.41. The summed E-state index contributed by atoms with van der Waals surface area (Å²) in [5.74, 6) is -2.37. The fraction of sp³-hybridized carbons (Fsp3) is 0.524. The number of allylic oxidation sites excluding steroid dienone is 1. The summed E-state index contributed by atoms with van der Waals surface area (Å²) in [5, 5.41) is 7.36. The van der Waals surface area contributed by atoms with Crippen molar-refractivity contribution in [2.75, 3.05) is 25.6 Å². The molecule has 0 spiro atoms. The molecule has 2 aliphatic carbocycles. The van der Waals surface area contributed by atoms with Crippen LogP contribution in [0.1, 0.15) is 42.0 Å². The fourth-order valence-electron chi connectivity index (χ4n) is 4.53.